The first-order valence-electron chi connectivity index (χ1n) is 8.74. The van der Waals surface area contributed by atoms with Crippen molar-refractivity contribution in [3.63, 3.8) is 0 Å². The molecular weight excluding hydrogens is 342 g/mol. The molecule has 0 aliphatic carbocycles. The van der Waals surface area contributed by atoms with Crippen LogP contribution in [0.5, 0.6) is 11.5 Å². The molecule has 1 amide bonds. The van der Waals surface area contributed by atoms with Gasteiger partial charge in [-0.15, -0.1) is 0 Å². The molecule has 0 saturated carbocycles. The second kappa shape index (κ2) is 8.45. The molecule has 0 aliphatic heterocycles. The molecule has 1 aromatic heterocycles. The lowest BCUT2D eigenvalue weighted by Crippen LogP contribution is -2.32. The second-order valence-electron chi connectivity index (χ2n) is 6.22. The monoisotopic (exact) mass is 365 g/mol. The Morgan fingerprint density at radius 2 is 1.93 bits per heavy atom. The van der Waals surface area contributed by atoms with E-state index in [0.29, 0.717) is 18.5 Å². The number of furan rings is 1. The summed E-state index contributed by atoms with van der Waals surface area (Å²) in [5, 5.41) is 0. The molecule has 0 bridgehead atoms. The van der Waals surface area contributed by atoms with E-state index >= 15 is 0 Å². The molecule has 1 heterocycles. The smallest absolute Gasteiger partial charge is 0.261 e. The van der Waals surface area contributed by atoms with Crippen LogP contribution in [0.1, 0.15) is 21.5 Å². The van der Waals surface area contributed by atoms with E-state index < -0.39 is 0 Å². The average Bonchev–Trinajstić information content (AvgIpc) is 3.24. The van der Waals surface area contributed by atoms with E-state index in [2.05, 4.69) is 0 Å². The summed E-state index contributed by atoms with van der Waals surface area (Å²) in [7, 11) is 3.27. The third-order valence-electron chi connectivity index (χ3n) is 4.47. The maximum atomic E-state index is 13.0. The highest BCUT2D eigenvalue weighted by Gasteiger charge is 2.20. The third kappa shape index (κ3) is 4.31. The summed E-state index contributed by atoms with van der Waals surface area (Å²) < 4.78 is 15.8. The number of benzene rings is 2. The molecule has 0 unspecified atom stereocenters. The number of carbonyl (C=O) groups excluding carboxylic acids is 1. The SMILES string of the molecule is COc1cccc(CCN(C(=O)c2ccoc2)c2ccc(C)c(OC)c2)c1. The topological polar surface area (TPSA) is 51.9 Å². The van der Waals surface area contributed by atoms with Crippen LogP contribution in [-0.2, 0) is 6.42 Å². The van der Waals surface area contributed by atoms with Gasteiger partial charge in [-0.2, -0.15) is 0 Å². The molecule has 5 nitrogen and oxygen atoms in total. The summed E-state index contributed by atoms with van der Waals surface area (Å²) in [5.74, 6) is 1.44. The molecule has 140 valence electrons. The molecular formula is C22H23NO4. The van der Waals surface area contributed by atoms with Gasteiger partial charge in [0.05, 0.1) is 26.0 Å². The highest BCUT2D eigenvalue weighted by Crippen LogP contribution is 2.27. The van der Waals surface area contributed by atoms with Crippen LogP contribution in [0.4, 0.5) is 5.69 Å². The highest BCUT2D eigenvalue weighted by molar-refractivity contribution is 6.06. The zero-order valence-corrected chi connectivity index (χ0v) is 15.8. The molecule has 27 heavy (non-hydrogen) atoms. The summed E-state index contributed by atoms with van der Waals surface area (Å²) in [5.41, 5.74) is 3.41. The van der Waals surface area contributed by atoms with E-state index in [1.807, 2.05) is 49.4 Å². The normalized spacial score (nSPS) is 10.5. The average molecular weight is 365 g/mol. The lowest BCUT2D eigenvalue weighted by Gasteiger charge is -2.23. The van der Waals surface area contributed by atoms with Crippen molar-refractivity contribution in [2.75, 3.05) is 25.7 Å². The van der Waals surface area contributed by atoms with Crippen molar-refractivity contribution in [3.05, 3.63) is 77.7 Å². The van der Waals surface area contributed by atoms with Gasteiger partial charge in [-0.3, -0.25) is 4.79 Å². The van der Waals surface area contributed by atoms with Gasteiger partial charge in [-0.1, -0.05) is 18.2 Å². The van der Waals surface area contributed by atoms with Gasteiger partial charge in [-0.25, -0.2) is 0 Å². The Morgan fingerprint density at radius 3 is 2.63 bits per heavy atom. The third-order valence-corrected chi connectivity index (χ3v) is 4.47. The van der Waals surface area contributed by atoms with Gasteiger partial charge < -0.3 is 18.8 Å². The van der Waals surface area contributed by atoms with Crippen LogP contribution in [0.3, 0.4) is 0 Å². The van der Waals surface area contributed by atoms with Gasteiger partial charge in [0.25, 0.3) is 5.91 Å². The Hall–Kier alpha value is -3.21. The van der Waals surface area contributed by atoms with E-state index in [4.69, 9.17) is 13.9 Å². The van der Waals surface area contributed by atoms with Crippen molar-refractivity contribution >= 4 is 11.6 Å². The number of hydrogen-bond acceptors (Lipinski definition) is 4. The molecule has 0 aliphatic rings. The Morgan fingerprint density at radius 1 is 1.07 bits per heavy atom. The minimum absolute atomic E-state index is 0.113. The van der Waals surface area contributed by atoms with Crippen LogP contribution in [0.15, 0.2) is 65.5 Å². The number of nitrogens with zero attached hydrogens (tertiary/aromatic N) is 1. The molecule has 3 rings (SSSR count). The first kappa shape index (κ1) is 18.6. The minimum atomic E-state index is -0.113. The molecule has 2 aromatic carbocycles. The molecule has 0 spiro atoms. The number of anilines is 1. The molecule has 0 fully saturated rings. The number of aryl methyl sites for hydroxylation is 1. The zero-order valence-electron chi connectivity index (χ0n) is 15.8. The van der Waals surface area contributed by atoms with Gasteiger partial charge in [0, 0.05) is 18.3 Å². The first-order valence-corrected chi connectivity index (χ1v) is 8.74. The van der Waals surface area contributed by atoms with Crippen LogP contribution in [0.2, 0.25) is 0 Å². The summed E-state index contributed by atoms with van der Waals surface area (Å²) in [6.07, 6.45) is 3.66. The summed E-state index contributed by atoms with van der Waals surface area (Å²) in [6.45, 7) is 2.49. The summed E-state index contributed by atoms with van der Waals surface area (Å²) in [4.78, 5) is 14.8. The van der Waals surface area contributed by atoms with Crippen LogP contribution < -0.4 is 14.4 Å². The Bertz CT molecular complexity index is 902. The van der Waals surface area contributed by atoms with Crippen molar-refractivity contribution in [2.24, 2.45) is 0 Å². The standard InChI is InChI=1S/C22H23NO4/c1-16-7-8-19(14-21(16)26-3)23(22(24)18-10-12-27-15-18)11-9-17-5-4-6-20(13-17)25-2/h4-8,10,12-15H,9,11H2,1-3H3. The lowest BCUT2D eigenvalue weighted by molar-refractivity contribution is 0.0986. The highest BCUT2D eigenvalue weighted by atomic mass is 16.5. The Balaban J connectivity index is 1.89. The second-order valence-corrected chi connectivity index (χ2v) is 6.22. The Kier molecular flexibility index (Phi) is 5.81. The van der Waals surface area contributed by atoms with Crippen LogP contribution >= 0.6 is 0 Å². The predicted molar refractivity (Wildman–Crippen MR) is 105 cm³/mol. The fourth-order valence-corrected chi connectivity index (χ4v) is 2.94. The van der Waals surface area contributed by atoms with Crippen molar-refractivity contribution in [3.8, 4) is 11.5 Å². The van der Waals surface area contributed by atoms with Crippen molar-refractivity contribution in [1.29, 1.82) is 0 Å². The van der Waals surface area contributed by atoms with E-state index in [0.717, 1.165) is 28.3 Å². The number of ether oxygens (including phenoxy) is 2. The van der Waals surface area contributed by atoms with Gasteiger partial charge >= 0.3 is 0 Å². The minimum Gasteiger partial charge on any atom is -0.497 e. The van der Waals surface area contributed by atoms with Crippen LogP contribution in [0.25, 0.3) is 0 Å². The molecule has 3 aromatic rings. The number of rotatable bonds is 7. The van der Waals surface area contributed by atoms with E-state index in [9.17, 15) is 4.79 Å². The fraction of sp³-hybridized carbons (Fsp3) is 0.227. The number of carbonyl (C=O) groups is 1. The maximum Gasteiger partial charge on any atom is 0.261 e. The largest absolute Gasteiger partial charge is 0.497 e. The predicted octanol–water partition coefficient (Wildman–Crippen LogP) is 4.49. The van der Waals surface area contributed by atoms with Crippen molar-refractivity contribution < 1.29 is 18.7 Å². The Labute approximate surface area is 159 Å². The van der Waals surface area contributed by atoms with Gasteiger partial charge in [-0.05, 0) is 48.7 Å². The number of hydrogen-bond donors (Lipinski definition) is 0. The number of amides is 1. The van der Waals surface area contributed by atoms with E-state index in [-0.39, 0.29) is 5.91 Å². The molecule has 0 N–H and O–H groups in total. The molecule has 0 saturated heterocycles. The number of methoxy groups -OCH3 is 2. The first-order chi connectivity index (χ1) is 13.1. The lowest BCUT2D eigenvalue weighted by atomic mass is 10.1. The van der Waals surface area contributed by atoms with E-state index in [1.54, 1.807) is 25.2 Å². The zero-order chi connectivity index (χ0) is 19.2. The van der Waals surface area contributed by atoms with Crippen molar-refractivity contribution in [2.45, 2.75) is 13.3 Å². The van der Waals surface area contributed by atoms with Gasteiger partial charge in [0.2, 0.25) is 0 Å². The van der Waals surface area contributed by atoms with Gasteiger partial charge in [0.1, 0.15) is 17.8 Å². The van der Waals surface area contributed by atoms with Crippen LogP contribution in [0, 0.1) is 6.92 Å². The van der Waals surface area contributed by atoms with E-state index in [1.165, 1.54) is 12.5 Å². The van der Waals surface area contributed by atoms with Gasteiger partial charge in [0.15, 0.2) is 0 Å². The quantitative estimate of drug-likeness (QED) is 0.619. The molecule has 5 heteroatoms. The maximum absolute atomic E-state index is 13.0. The molecule has 0 radical (unpaired) electrons. The summed E-state index contributed by atoms with van der Waals surface area (Å²) >= 11 is 0. The summed E-state index contributed by atoms with van der Waals surface area (Å²) in [6, 6.07) is 15.3. The van der Waals surface area contributed by atoms with Crippen LogP contribution in [-0.4, -0.2) is 26.7 Å². The molecule has 0 atom stereocenters. The fourth-order valence-electron chi connectivity index (χ4n) is 2.94. The van der Waals surface area contributed by atoms with Crippen molar-refractivity contribution in [1.82, 2.24) is 0 Å².